The fourth-order valence-corrected chi connectivity index (χ4v) is 1.40. The van der Waals surface area contributed by atoms with Gasteiger partial charge >= 0.3 is 6.18 Å². The maximum absolute atomic E-state index is 12.5. The second kappa shape index (κ2) is 4.17. The molecule has 90 valence electrons. The van der Waals surface area contributed by atoms with E-state index >= 15 is 0 Å². The molecule has 7 heteroatoms. The van der Waals surface area contributed by atoms with Gasteiger partial charge in [0.15, 0.2) is 0 Å². The zero-order valence-corrected chi connectivity index (χ0v) is 8.65. The molecule has 0 aliphatic heterocycles. The van der Waals surface area contributed by atoms with Crippen molar-refractivity contribution in [2.24, 2.45) is 5.73 Å². The molecule has 0 atom stereocenters. The first-order valence-corrected chi connectivity index (χ1v) is 4.78. The Morgan fingerprint density at radius 2 is 2.06 bits per heavy atom. The molecule has 2 aromatic rings. The number of hydrogen-bond donors (Lipinski definition) is 1. The van der Waals surface area contributed by atoms with Crippen LogP contribution in [-0.2, 0) is 12.7 Å². The summed E-state index contributed by atoms with van der Waals surface area (Å²) in [6.45, 7) is 0.110. The summed E-state index contributed by atoms with van der Waals surface area (Å²) in [5.41, 5.74) is 5.04. The van der Waals surface area contributed by atoms with Crippen LogP contribution in [0.1, 0.15) is 11.3 Å². The van der Waals surface area contributed by atoms with Crippen LogP contribution in [0, 0.1) is 0 Å². The number of rotatable bonds is 2. The Morgan fingerprint density at radius 3 is 2.59 bits per heavy atom. The zero-order chi connectivity index (χ0) is 12.5. The summed E-state index contributed by atoms with van der Waals surface area (Å²) in [7, 11) is 0. The molecule has 0 amide bonds. The molecule has 0 bridgehead atoms. The van der Waals surface area contributed by atoms with Gasteiger partial charge in [0.1, 0.15) is 17.8 Å². The first-order valence-electron chi connectivity index (χ1n) is 4.78. The minimum atomic E-state index is -4.47. The summed E-state index contributed by atoms with van der Waals surface area (Å²) in [5, 5.41) is 0. The largest absolute Gasteiger partial charge is 0.433 e. The highest BCUT2D eigenvalue weighted by Gasteiger charge is 2.33. The highest BCUT2D eigenvalue weighted by Crippen LogP contribution is 2.28. The average Bonchev–Trinajstić information content (AvgIpc) is 2.80. The summed E-state index contributed by atoms with van der Waals surface area (Å²) >= 11 is 0. The van der Waals surface area contributed by atoms with E-state index in [0.29, 0.717) is 5.56 Å². The van der Waals surface area contributed by atoms with Crippen molar-refractivity contribution in [2.45, 2.75) is 12.7 Å². The van der Waals surface area contributed by atoms with Crippen molar-refractivity contribution in [3.05, 3.63) is 42.1 Å². The Kier molecular flexibility index (Phi) is 2.84. The lowest BCUT2D eigenvalue weighted by atomic mass is 10.2. The second-order valence-corrected chi connectivity index (χ2v) is 3.35. The number of nitrogens with zero attached hydrogens (tertiary/aromatic N) is 3. The predicted octanol–water partition coefficient (Wildman–Crippen LogP) is 1.74. The number of halogens is 3. The lowest BCUT2D eigenvalue weighted by molar-refractivity contribution is -0.141. The fourth-order valence-electron chi connectivity index (χ4n) is 1.40. The van der Waals surface area contributed by atoms with Gasteiger partial charge in [-0.25, -0.2) is 9.97 Å². The molecule has 0 spiro atoms. The molecule has 0 saturated heterocycles. The van der Waals surface area contributed by atoms with Crippen LogP contribution in [0.2, 0.25) is 0 Å². The number of nitrogens with two attached hydrogens (primary N) is 1. The van der Waals surface area contributed by atoms with Crippen molar-refractivity contribution in [1.29, 1.82) is 0 Å². The van der Waals surface area contributed by atoms with Gasteiger partial charge in [-0.05, 0) is 6.07 Å². The quantitative estimate of drug-likeness (QED) is 0.872. The van der Waals surface area contributed by atoms with E-state index in [1.54, 1.807) is 0 Å². The Bertz CT molecular complexity index is 505. The van der Waals surface area contributed by atoms with Gasteiger partial charge in [-0.2, -0.15) is 13.2 Å². The highest BCUT2D eigenvalue weighted by atomic mass is 19.4. The average molecular weight is 242 g/mol. The van der Waals surface area contributed by atoms with Gasteiger partial charge in [-0.15, -0.1) is 0 Å². The van der Waals surface area contributed by atoms with Crippen molar-refractivity contribution in [1.82, 2.24) is 14.5 Å². The molecule has 0 aromatic carbocycles. The maximum atomic E-state index is 12.5. The van der Waals surface area contributed by atoms with Gasteiger partial charge < -0.3 is 5.73 Å². The van der Waals surface area contributed by atoms with Crippen LogP contribution in [0.15, 0.2) is 30.9 Å². The number of alkyl halides is 3. The van der Waals surface area contributed by atoms with E-state index < -0.39 is 11.9 Å². The molecule has 0 aliphatic carbocycles. The van der Waals surface area contributed by atoms with Crippen molar-refractivity contribution in [2.75, 3.05) is 0 Å². The van der Waals surface area contributed by atoms with Gasteiger partial charge in [0.25, 0.3) is 0 Å². The molecule has 0 radical (unpaired) electrons. The van der Waals surface area contributed by atoms with Crippen LogP contribution in [0.25, 0.3) is 5.82 Å². The molecule has 17 heavy (non-hydrogen) atoms. The van der Waals surface area contributed by atoms with E-state index in [0.717, 1.165) is 6.07 Å². The predicted molar refractivity (Wildman–Crippen MR) is 54.3 cm³/mol. The lowest BCUT2D eigenvalue weighted by Gasteiger charge is -2.11. The molecule has 2 rings (SSSR count). The summed E-state index contributed by atoms with van der Waals surface area (Å²) in [4.78, 5) is 7.34. The molecule has 2 aromatic heterocycles. The van der Waals surface area contributed by atoms with Crippen LogP contribution in [0.5, 0.6) is 0 Å². The lowest BCUT2D eigenvalue weighted by Crippen LogP contribution is -2.13. The standard InChI is InChI=1S/C10H9F3N4/c11-10(12,13)8-2-1-7(5-14)9(16-8)17-4-3-15-6-17/h1-4,6H,5,14H2. The van der Waals surface area contributed by atoms with Gasteiger partial charge in [-0.1, -0.05) is 6.07 Å². The maximum Gasteiger partial charge on any atom is 0.433 e. The molecule has 0 unspecified atom stereocenters. The summed E-state index contributed by atoms with van der Waals surface area (Å²) in [5.74, 6) is 0.153. The van der Waals surface area contributed by atoms with Gasteiger partial charge in [0.05, 0.1) is 0 Å². The Morgan fingerprint density at radius 1 is 1.29 bits per heavy atom. The fraction of sp³-hybridized carbons (Fsp3) is 0.200. The summed E-state index contributed by atoms with van der Waals surface area (Å²) in [6.07, 6.45) is -0.117. The number of pyridine rings is 1. The third-order valence-electron chi connectivity index (χ3n) is 2.22. The minimum absolute atomic E-state index is 0.110. The summed E-state index contributed by atoms with van der Waals surface area (Å²) < 4.78 is 39.0. The Balaban J connectivity index is 2.55. The van der Waals surface area contributed by atoms with Gasteiger partial charge in [0, 0.05) is 24.5 Å². The number of aromatic nitrogens is 3. The molecule has 0 aliphatic rings. The number of imidazole rings is 1. The number of hydrogen-bond acceptors (Lipinski definition) is 3. The SMILES string of the molecule is NCc1ccc(C(F)(F)F)nc1-n1ccnc1. The molecule has 2 heterocycles. The third-order valence-corrected chi connectivity index (χ3v) is 2.22. The Hall–Kier alpha value is -1.89. The van der Waals surface area contributed by atoms with Crippen LogP contribution in [0.3, 0.4) is 0 Å². The molecular weight excluding hydrogens is 233 g/mol. The van der Waals surface area contributed by atoms with E-state index in [4.69, 9.17) is 5.73 Å². The molecule has 0 fully saturated rings. The molecule has 4 nitrogen and oxygen atoms in total. The topological polar surface area (TPSA) is 56.7 Å². The van der Waals surface area contributed by atoms with E-state index in [9.17, 15) is 13.2 Å². The van der Waals surface area contributed by atoms with Crippen molar-refractivity contribution in [3.63, 3.8) is 0 Å². The molecule has 0 saturated carbocycles. The normalized spacial score (nSPS) is 11.8. The van der Waals surface area contributed by atoms with Crippen molar-refractivity contribution in [3.8, 4) is 5.82 Å². The van der Waals surface area contributed by atoms with Crippen molar-refractivity contribution >= 4 is 0 Å². The first-order chi connectivity index (χ1) is 8.02. The van der Waals surface area contributed by atoms with Crippen LogP contribution in [-0.4, -0.2) is 14.5 Å². The van der Waals surface area contributed by atoms with E-state index in [-0.39, 0.29) is 12.4 Å². The van der Waals surface area contributed by atoms with E-state index in [2.05, 4.69) is 9.97 Å². The van der Waals surface area contributed by atoms with Crippen LogP contribution in [0.4, 0.5) is 13.2 Å². The third kappa shape index (κ3) is 2.28. The zero-order valence-electron chi connectivity index (χ0n) is 8.65. The highest BCUT2D eigenvalue weighted by molar-refractivity contribution is 5.36. The van der Waals surface area contributed by atoms with E-state index in [1.165, 1.54) is 29.4 Å². The minimum Gasteiger partial charge on any atom is -0.326 e. The smallest absolute Gasteiger partial charge is 0.326 e. The molecule has 2 N–H and O–H groups in total. The van der Waals surface area contributed by atoms with Crippen LogP contribution >= 0.6 is 0 Å². The second-order valence-electron chi connectivity index (χ2n) is 3.35. The van der Waals surface area contributed by atoms with E-state index in [1.807, 2.05) is 0 Å². The van der Waals surface area contributed by atoms with Crippen LogP contribution < -0.4 is 5.73 Å². The van der Waals surface area contributed by atoms with Gasteiger partial charge in [-0.3, -0.25) is 4.57 Å². The monoisotopic (exact) mass is 242 g/mol. The van der Waals surface area contributed by atoms with Crippen molar-refractivity contribution < 1.29 is 13.2 Å². The Labute approximate surface area is 94.9 Å². The van der Waals surface area contributed by atoms with Gasteiger partial charge in [0.2, 0.25) is 0 Å². The first kappa shape index (κ1) is 11.6. The molecular formula is C10H9F3N4. The summed E-state index contributed by atoms with van der Waals surface area (Å²) in [6, 6.07) is 2.24.